The average Bonchev–Trinajstić information content (AvgIpc) is 2.41. The number of hydrogen-bond donors (Lipinski definition) is 2. The number of urea groups is 1. The number of nitrogens with one attached hydrogen (secondary N) is 1. The Labute approximate surface area is 122 Å². The van der Waals surface area contributed by atoms with Crippen LogP contribution in [0.2, 0.25) is 0 Å². The molecule has 20 heavy (non-hydrogen) atoms. The number of hydrogen-bond acceptors (Lipinski definition) is 3. The van der Waals surface area contributed by atoms with Gasteiger partial charge < -0.3 is 15.3 Å². The molecule has 0 aromatic heterocycles. The van der Waals surface area contributed by atoms with Crippen LogP contribution in [0.5, 0.6) is 0 Å². The zero-order valence-electron chi connectivity index (χ0n) is 11.3. The van der Waals surface area contributed by atoms with Gasteiger partial charge in [0, 0.05) is 23.7 Å². The molecule has 2 rings (SSSR count). The molecular formula is C14H18N2O3S. The predicted molar refractivity (Wildman–Crippen MR) is 80.3 cm³/mol. The average molecular weight is 294 g/mol. The molecule has 0 radical (unpaired) electrons. The van der Waals surface area contributed by atoms with Gasteiger partial charge in [-0.2, -0.15) is 11.8 Å². The molecule has 1 saturated heterocycles. The van der Waals surface area contributed by atoms with Crippen LogP contribution in [-0.2, 0) is 4.79 Å². The summed E-state index contributed by atoms with van der Waals surface area (Å²) in [6.45, 7) is 2.57. The first-order valence-electron chi connectivity index (χ1n) is 6.50. The Morgan fingerprint density at radius 1 is 1.40 bits per heavy atom. The molecule has 108 valence electrons. The highest BCUT2D eigenvalue weighted by Gasteiger charge is 2.28. The van der Waals surface area contributed by atoms with Crippen molar-refractivity contribution in [3.05, 3.63) is 29.8 Å². The number of aliphatic carboxylic acids is 1. The summed E-state index contributed by atoms with van der Waals surface area (Å²) in [5.41, 5.74) is 1.86. The number of carbonyl (C=O) groups is 2. The molecule has 1 unspecified atom stereocenters. The van der Waals surface area contributed by atoms with E-state index in [9.17, 15) is 9.59 Å². The Morgan fingerprint density at radius 2 is 2.10 bits per heavy atom. The lowest BCUT2D eigenvalue weighted by Gasteiger charge is -2.34. The van der Waals surface area contributed by atoms with Crippen LogP contribution in [0.25, 0.3) is 0 Å². The standard InChI is InChI=1S/C14H18N2O3S/c1-10-2-4-11(5-3-10)15-14(19)16-6-7-20-9-12(16)8-13(17)18/h2-5,12H,6-9H2,1H3,(H,15,19)(H,17,18). The van der Waals surface area contributed by atoms with Crippen LogP contribution in [0.15, 0.2) is 24.3 Å². The first-order valence-corrected chi connectivity index (χ1v) is 7.65. The van der Waals surface area contributed by atoms with Crippen LogP contribution < -0.4 is 5.32 Å². The summed E-state index contributed by atoms with van der Waals surface area (Å²) in [6, 6.07) is 7.08. The molecule has 2 amide bonds. The van der Waals surface area contributed by atoms with Crippen LogP contribution in [0.4, 0.5) is 10.5 Å². The highest BCUT2D eigenvalue weighted by atomic mass is 32.2. The van der Waals surface area contributed by atoms with E-state index in [-0.39, 0.29) is 18.5 Å². The fraction of sp³-hybridized carbons (Fsp3) is 0.429. The van der Waals surface area contributed by atoms with Crippen LogP contribution in [0, 0.1) is 6.92 Å². The zero-order chi connectivity index (χ0) is 14.5. The van der Waals surface area contributed by atoms with Gasteiger partial charge in [0.25, 0.3) is 0 Å². The van der Waals surface area contributed by atoms with Crippen molar-refractivity contribution in [2.45, 2.75) is 19.4 Å². The van der Waals surface area contributed by atoms with E-state index in [0.717, 1.165) is 17.0 Å². The molecule has 5 nitrogen and oxygen atoms in total. The lowest BCUT2D eigenvalue weighted by atomic mass is 10.2. The van der Waals surface area contributed by atoms with E-state index in [1.165, 1.54) is 0 Å². The van der Waals surface area contributed by atoms with Crippen LogP contribution in [0.1, 0.15) is 12.0 Å². The molecule has 0 bridgehead atoms. The quantitative estimate of drug-likeness (QED) is 0.898. The van der Waals surface area contributed by atoms with Gasteiger partial charge >= 0.3 is 12.0 Å². The van der Waals surface area contributed by atoms with E-state index in [1.807, 2.05) is 31.2 Å². The third-order valence-electron chi connectivity index (χ3n) is 3.20. The van der Waals surface area contributed by atoms with Crippen molar-refractivity contribution in [1.82, 2.24) is 4.90 Å². The second-order valence-electron chi connectivity index (χ2n) is 4.82. The largest absolute Gasteiger partial charge is 0.481 e. The topological polar surface area (TPSA) is 69.6 Å². The third-order valence-corrected chi connectivity index (χ3v) is 4.29. The number of benzene rings is 1. The van der Waals surface area contributed by atoms with Crippen molar-refractivity contribution in [2.24, 2.45) is 0 Å². The Balaban J connectivity index is 2.01. The van der Waals surface area contributed by atoms with Gasteiger partial charge in [-0.3, -0.25) is 4.79 Å². The number of carboxylic acid groups (broad SMARTS) is 1. The molecular weight excluding hydrogens is 276 g/mol. The summed E-state index contributed by atoms with van der Waals surface area (Å²) < 4.78 is 0. The smallest absolute Gasteiger partial charge is 0.322 e. The maximum Gasteiger partial charge on any atom is 0.322 e. The van der Waals surface area contributed by atoms with Gasteiger partial charge in [0.2, 0.25) is 0 Å². The van der Waals surface area contributed by atoms with E-state index >= 15 is 0 Å². The maximum absolute atomic E-state index is 12.3. The van der Waals surface area contributed by atoms with Crippen molar-refractivity contribution in [1.29, 1.82) is 0 Å². The minimum absolute atomic E-state index is 0.00564. The molecule has 1 heterocycles. The molecule has 0 saturated carbocycles. The van der Waals surface area contributed by atoms with Gasteiger partial charge in [-0.05, 0) is 19.1 Å². The Kier molecular flexibility index (Phi) is 4.89. The van der Waals surface area contributed by atoms with E-state index in [2.05, 4.69) is 5.32 Å². The highest BCUT2D eigenvalue weighted by molar-refractivity contribution is 7.99. The summed E-state index contributed by atoms with van der Waals surface area (Å²) in [6.07, 6.45) is -0.00564. The number of rotatable bonds is 3. The second kappa shape index (κ2) is 6.65. The molecule has 0 aliphatic carbocycles. The second-order valence-corrected chi connectivity index (χ2v) is 5.97. The van der Waals surface area contributed by atoms with E-state index in [0.29, 0.717) is 12.3 Å². The fourth-order valence-corrected chi connectivity index (χ4v) is 3.19. The molecule has 6 heteroatoms. The summed E-state index contributed by atoms with van der Waals surface area (Å²) >= 11 is 1.69. The SMILES string of the molecule is Cc1ccc(NC(=O)N2CCSCC2CC(=O)O)cc1. The molecule has 2 N–H and O–H groups in total. The minimum Gasteiger partial charge on any atom is -0.481 e. The predicted octanol–water partition coefficient (Wildman–Crippen LogP) is 2.42. The lowest BCUT2D eigenvalue weighted by molar-refractivity contribution is -0.137. The van der Waals surface area contributed by atoms with Crippen LogP contribution in [-0.4, -0.2) is 46.1 Å². The summed E-state index contributed by atoms with van der Waals surface area (Å²) in [4.78, 5) is 24.8. The molecule has 1 aliphatic heterocycles. The number of anilines is 1. The van der Waals surface area contributed by atoms with E-state index in [4.69, 9.17) is 5.11 Å². The van der Waals surface area contributed by atoms with Gasteiger partial charge in [-0.1, -0.05) is 17.7 Å². The minimum atomic E-state index is -0.870. The first-order chi connectivity index (χ1) is 9.56. The molecule has 1 atom stereocenters. The Bertz CT molecular complexity index is 490. The lowest BCUT2D eigenvalue weighted by Crippen LogP contribution is -2.48. The summed E-state index contributed by atoms with van der Waals surface area (Å²) in [5, 5.41) is 11.7. The number of thioether (sulfide) groups is 1. The Morgan fingerprint density at radius 3 is 2.75 bits per heavy atom. The molecule has 1 aromatic carbocycles. The zero-order valence-corrected chi connectivity index (χ0v) is 12.2. The number of carboxylic acids is 1. The number of nitrogens with zero attached hydrogens (tertiary/aromatic N) is 1. The third kappa shape index (κ3) is 3.90. The van der Waals surface area contributed by atoms with Gasteiger partial charge in [-0.15, -0.1) is 0 Å². The van der Waals surface area contributed by atoms with Crippen molar-refractivity contribution in [3.8, 4) is 0 Å². The van der Waals surface area contributed by atoms with Crippen molar-refractivity contribution in [2.75, 3.05) is 23.4 Å². The summed E-state index contributed by atoms with van der Waals surface area (Å²) in [5.74, 6) is 0.649. The highest BCUT2D eigenvalue weighted by Crippen LogP contribution is 2.20. The first kappa shape index (κ1) is 14.7. The van der Waals surface area contributed by atoms with Gasteiger partial charge in [0.1, 0.15) is 0 Å². The van der Waals surface area contributed by atoms with Crippen molar-refractivity contribution >= 4 is 29.4 Å². The fourth-order valence-electron chi connectivity index (χ4n) is 2.13. The molecule has 1 fully saturated rings. The number of carbonyl (C=O) groups excluding carboxylic acids is 1. The molecule has 1 aliphatic rings. The van der Waals surface area contributed by atoms with Crippen molar-refractivity contribution < 1.29 is 14.7 Å². The monoisotopic (exact) mass is 294 g/mol. The van der Waals surface area contributed by atoms with Crippen molar-refractivity contribution in [3.63, 3.8) is 0 Å². The van der Waals surface area contributed by atoms with E-state index < -0.39 is 5.97 Å². The maximum atomic E-state index is 12.3. The Hall–Kier alpha value is -1.69. The molecule has 1 aromatic rings. The van der Waals surface area contributed by atoms with E-state index in [1.54, 1.807) is 16.7 Å². The summed E-state index contributed by atoms with van der Waals surface area (Å²) in [7, 11) is 0. The molecule has 0 spiro atoms. The van der Waals surface area contributed by atoms with Gasteiger partial charge in [0.15, 0.2) is 0 Å². The number of aryl methyl sites for hydroxylation is 1. The number of amides is 2. The van der Waals surface area contributed by atoms with Crippen LogP contribution >= 0.6 is 11.8 Å². The normalized spacial score (nSPS) is 18.6. The van der Waals surface area contributed by atoms with Gasteiger partial charge in [-0.25, -0.2) is 4.79 Å². The van der Waals surface area contributed by atoms with Crippen LogP contribution in [0.3, 0.4) is 0 Å². The van der Waals surface area contributed by atoms with Gasteiger partial charge in [0.05, 0.1) is 12.5 Å².